The van der Waals surface area contributed by atoms with Crippen molar-refractivity contribution in [3.63, 3.8) is 0 Å². The minimum Gasteiger partial charge on any atom is -0.379 e. The lowest BCUT2D eigenvalue weighted by Gasteiger charge is -2.36. The van der Waals surface area contributed by atoms with E-state index in [0.29, 0.717) is 11.8 Å². The van der Waals surface area contributed by atoms with E-state index in [1.807, 2.05) is 12.4 Å². The fourth-order valence-corrected chi connectivity index (χ4v) is 3.21. The van der Waals surface area contributed by atoms with Crippen LogP contribution in [0.25, 0.3) is 5.65 Å². The third-order valence-corrected chi connectivity index (χ3v) is 4.77. The van der Waals surface area contributed by atoms with Gasteiger partial charge >= 0.3 is 0 Å². The summed E-state index contributed by atoms with van der Waals surface area (Å²) in [6.07, 6.45) is 7.66. The lowest BCUT2D eigenvalue weighted by atomic mass is 9.96. The zero-order valence-electron chi connectivity index (χ0n) is 12.6. The van der Waals surface area contributed by atoms with Gasteiger partial charge in [-0.25, -0.2) is 4.98 Å². The van der Waals surface area contributed by atoms with Crippen molar-refractivity contribution >= 4 is 11.5 Å². The minimum absolute atomic E-state index is 0.256. The molecule has 21 heavy (non-hydrogen) atoms. The Morgan fingerprint density at radius 1 is 1.24 bits per heavy atom. The highest BCUT2D eigenvalue weighted by Gasteiger charge is 2.31. The highest BCUT2D eigenvalue weighted by atomic mass is 16.5. The Hall–Kier alpha value is -1.69. The molecular weight excluding hydrogens is 266 g/mol. The van der Waals surface area contributed by atoms with Gasteiger partial charge in [-0.3, -0.25) is 4.40 Å². The third kappa shape index (κ3) is 2.18. The molecule has 6 nitrogen and oxygen atoms in total. The third-order valence-electron chi connectivity index (χ3n) is 4.77. The van der Waals surface area contributed by atoms with Gasteiger partial charge in [-0.15, -0.1) is 10.2 Å². The molecule has 0 bridgehead atoms. The molecule has 2 aromatic rings. The molecule has 2 atom stereocenters. The molecule has 2 fully saturated rings. The Kier molecular flexibility index (Phi) is 3.06. The first kappa shape index (κ1) is 13.0. The zero-order valence-corrected chi connectivity index (χ0v) is 12.6. The summed E-state index contributed by atoms with van der Waals surface area (Å²) in [4.78, 5) is 6.85. The molecule has 1 aliphatic carbocycles. The number of ether oxygens (including phenoxy) is 1. The second-order valence-corrected chi connectivity index (χ2v) is 6.26. The summed E-state index contributed by atoms with van der Waals surface area (Å²) in [5.74, 6) is 3.20. The molecule has 0 amide bonds. The van der Waals surface area contributed by atoms with Crippen molar-refractivity contribution in [2.24, 2.45) is 5.92 Å². The molecule has 1 saturated heterocycles. The fraction of sp³-hybridized carbons (Fsp3) is 0.667. The molecule has 2 aliphatic rings. The molecule has 0 aromatic carbocycles. The van der Waals surface area contributed by atoms with E-state index in [9.17, 15) is 0 Å². The molecule has 2 aromatic heterocycles. The Labute approximate surface area is 124 Å². The van der Waals surface area contributed by atoms with E-state index < -0.39 is 0 Å². The van der Waals surface area contributed by atoms with Gasteiger partial charge in [0.15, 0.2) is 5.82 Å². The Bertz CT molecular complexity index is 651. The van der Waals surface area contributed by atoms with E-state index in [4.69, 9.17) is 4.74 Å². The highest BCUT2D eigenvalue weighted by molar-refractivity contribution is 5.64. The molecule has 112 valence electrons. The monoisotopic (exact) mass is 287 g/mol. The predicted octanol–water partition coefficient (Wildman–Crippen LogP) is 1.86. The van der Waals surface area contributed by atoms with Crippen LogP contribution < -0.4 is 4.90 Å². The number of methoxy groups -OCH3 is 1. The molecule has 3 heterocycles. The summed E-state index contributed by atoms with van der Waals surface area (Å²) in [5.41, 5.74) is 0.879. The number of anilines is 1. The normalized spacial score (nSPS) is 26.5. The molecule has 2 unspecified atom stereocenters. The van der Waals surface area contributed by atoms with Gasteiger partial charge in [0.1, 0.15) is 5.82 Å². The number of fused-ring (bicyclic) bond motifs is 1. The van der Waals surface area contributed by atoms with Crippen LogP contribution in [0.5, 0.6) is 0 Å². The van der Waals surface area contributed by atoms with E-state index in [-0.39, 0.29) is 6.10 Å². The Balaban J connectivity index is 1.70. The van der Waals surface area contributed by atoms with Gasteiger partial charge in [-0.2, -0.15) is 0 Å². The molecule has 0 spiro atoms. The number of hydrogen-bond acceptors (Lipinski definition) is 5. The SMILES string of the molecule is COC1CN(c2nccn3c(C4CC4)nnc23)CCC1C. The predicted molar refractivity (Wildman–Crippen MR) is 79.5 cm³/mol. The maximum atomic E-state index is 5.61. The topological polar surface area (TPSA) is 55.5 Å². The summed E-state index contributed by atoms with van der Waals surface area (Å²) in [7, 11) is 1.79. The summed E-state index contributed by atoms with van der Waals surface area (Å²) >= 11 is 0. The molecule has 0 radical (unpaired) electrons. The standard InChI is InChI=1S/C15H21N5O/c1-10-5-7-19(9-12(10)21-2)14-15-18-17-13(11-3-4-11)20(15)8-6-16-14/h6,8,10-12H,3-5,7,9H2,1-2H3. The molecule has 4 rings (SSSR count). The van der Waals surface area contributed by atoms with Gasteiger partial charge in [0, 0.05) is 38.5 Å². The minimum atomic E-state index is 0.256. The van der Waals surface area contributed by atoms with Crippen molar-refractivity contribution in [1.82, 2.24) is 19.6 Å². The number of rotatable bonds is 3. The smallest absolute Gasteiger partial charge is 0.203 e. The van der Waals surface area contributed by atoms with Crippen LogP contribution in [0.1, 0.15) is 37.9 Å². The number of hydrogen-bond donors (Lipinski definition) is 0. The summed E-state index contributed by atoms with van der Waals surface area (Å²) in [5, 5.41) is 8.77. The van der Waals surface area contributed by atoms with Gasteiger partial charge in [-0.1, -0.05) is 6.92 Å². The lowest BCUT2D eigenvalue weighted by Crippen LogP contribution is -2.44. The number of piperidine rings is 1. The van der Waals surface area contributed by atoms with Crippen LogP contribution in [-0.4, -0.2) is 45.9 Å². The van der Waals surface area contributed by atoms with E-state index in [1.54, 1.807) is 7.11 Å². The summed E-state index contributed by atoms with van der Waals surface area (Å²) < 4.78 is 7.72. The van der Waals surface area contributed by atoms with Crippen molar-refractivity contribution in [2.75, 3.05) is 25.1 Å². The molecule has 1 saturated carbocycles. The summed E-state index contributed by atoms with van der Waals surface area (Å²) in [6.45, 7) is 4.12. The first-order valence-corrected chi connectivity index (χ1v) is 7.75. The maximum Gasteiger partial charge on any atom is 0.203 e. The van der Waals surface area contributed by atoms with Gasteiger partial charge in [0.2, 0.25) is 5.65 Å². The van der Waals surface area contributed by atoms with Crippen LogP contribution in [0.15, 0.2) is 12.4 Å². The van der Waals surface area contributed by atoms with E-state index in [0.717, 1.165) is 36.8 Å². The first-order valence-electron chi connectivity index (χ1n) is 7.75. The van der Waals surface area contributed by atoms with Crippen molar-refractivity contribution in [3.8, 4) is 0 Å². The van der Waals surface area contributed by atoms with E-state index in [2.05, 4.69) is 31.4 Å². The van der Waals surface area contributed by atoms with Crippen LogP contribution in [-0.2, 0) is 4.74 Å². The largest absolute Gasteiger partial charge is 0.379 e. The Morgan fingerprint density at radius 2 is 2.10 bits per heavy atom. The van der Waals surface area contributed by atoms with Gasteiger partial charge in [0.05, 0.1) is 6.10 Å². The van der Waals surface area contributed by atoms with Crippen LogP contribution in [0.3, 0.4) is 0 Å². The first-order chi connectivity index (χ1) is 10.3. The molecule has 6 heteroatoms. The van der Waals surface area contributed by atoms with E-state index >= 15 is 0 Å². The van der Waals surface area contributed by atoms with E-state index in [1.165, 1.54) is 12.8 Å². The average molecular weight is 287 g/mol. The average Bonchev–Trinajstić information content (AvgIpc) is 3.26. The van der Waals surface area contributed by atoms with Crippen LogP contribution >= 0.6 is 0 Å². The van der Waals surface area contributed by atoms with Crippen molar-refractivity contribution in [3.05, 3.63) is 18.2 Å². The lowest BCUT2D eigenvalue weighted by molar-refractivity contribution is 0.0497. The van der Waals surface area contributed by atoms with Gasteiger partial charge in [0.25, 0.3) is 0 Å². The Morgan fingerprint density at radius 3 is 2.86 bits per heavy atom. The summed E-state index contributed by atoms with van der Waals surface area (Å²) in [6, 6.07) is 0. The fourth-order valence-electron chi connectivity index (χ4n) is 3.21. The number of aromatic nitrogens is 4. The molecular formula is C15H21N5O. The van der Waals surface area contributed by atoms with Crippen molar-refractivity contribution < 1.29 is 4.74 Å². The van der Waals surface area contributed by atoms with Crippen LogP contribution in [0.2, 0.25) is 0 Å². The molecule has 1 aliphatic heterocycles. The number of nitrogens with zero attached hydrogens (tertiary/aromatic N) is 5. The quantitative estimate of drug-likeness (QED) is 0.862. The van der Waals surface area contributed by atoms with Gasteiger partial charge in [-0.05, 0) is 25.2 Å². The van der Waals surface area contributed by atoms with Crippen molar-refractivity contribution in [1.29, 1.82) is 0 Å². The zero-order chi connectivity index (χ0) is 14.4. The molecule has 0 N–H and O–H groups in total. The van der Waals surface area contributed by atoms with Gasteiger partial charge < -0.3 is 9.64 Å². The second-order valence-electron chi connectivity index (χ2n) is 6.26. The van der Waals surface area contributed by atoms with Crippen molar-refractivity contribution in [2.45, 2.75) is 38.2 Å². The van der Waals surface area contributed by atoms with Crippen LogP contribution in [0, 0.1) is 5.92 Å². The maximum absolute atomic E-state index is 5.61. The second kappa shape index (κ2) is 4.94. The van der Waals surface area contributed by atoms with Crippen LogP contribution in [0.4, 0.5) is 5.82 Å². The highest BCUT2D eigenvalue weighted by Crippen LogP contribution is 2.39.